The number of hydrogen-bond donors (Lipinski definition) is 2. The molecule has 0 aliphatic rings. The molecule has 0 fully saturated rings. The zero-order chi connectivity index (χ0) is 15.0. The minimum atomic E-state index is -1.19. The van der Waals surface area contributed by atoms with Crippen LogP contribution in [0.1, 0.15) is 13.8 Å². The van der Waals surface area contributed by atoms with Gasteiger partial charge in [-0.25, -0.2) is 4.79 Å². The minimum absolute atomic E-state index is 0.429. The van der Waals surface area contributed by atoms with Gasteiger partial charge in [0.15, 0.2) is 0 Å². The number of rotatable bonds is 7. The van der Waals surface area contributed by atoms with E-state index in [9.17, 15) is 9.59 Å². The fourth-order valence-corrected chi connectivity index (χ4v) is 1.47. The first-order valence-corrected chi connectivity index (χ1v) is 6.18. The lowest BCUT2D eigenvalue weighted by molar-refractivity contribution is -0.131. The summed E-state index contributed by atoms with van der Waals surface area (Å²) >= 11 is 0. The quantitative estimate of drug-likeness (QED) is 0.746. The third-order valence-electron chi connectivity index (χ3n) is 2.20. The molecule has 1 amide bonds. The Morgan fingerprint density at radius 2 is 1.90 bits per heavy atom. The van der Waals surface area contributed by atoms with Gasteiger partial charge in [0.05, 0.1) is 18.9 Å². The van der Waals surface area contributed by atoms with Gasteiger partial charge in [-0.1, -0.05) is 0 Å². The van der Waals surface area contributed by atoms with Crippen LogP contribution in [0.3, 0.4) is 0 Å². The van der Waals surface area contributed by atoms with Crippen molar-refractivity contribution < 1.29 is 24.2 Å². The minimum Gasteiger partial charge on any atom is -0.494 e. The molecular formula is C14H17NO5. The SMILES string of the molecule is CCOc1ccc(OCC)c(NC(=O)/C=C/C(=O)O)c1. The van der Waals surface area contributed by atoms with Crippen LogP contribution < -0.4 is 14.8 Å². The molecule has 1 rings (SSSR count). The van der Waals surface area contributed by atoms with Crippen LogP contribution >= 0.6 is 0 Å². The lowest BCUT2D eigenvalue weighted by atomic mass is 10.2. The Morgan fingerprint density at radius 1 is 1.20 bits per heavy atom. The Labute approximate surface area is 117 Å². The molecule has 6 heteroatoms. The van der Waals surface area contributed by atoms with E-state index in [1.165, 1.54) is 0 Å². The van der Waals surface area contributed by atoms with Crippen LogP contribution in [0.2, 0.25) is 0 Å². The number of nitrogens with one attached hydrogen (secondary N) is 1. The maximum absolute atomic E-state index is 11.6. The number of ether oxygens (including phenoxy) is 2. The number of carboxylic acids is 1. The van der Waals surface area contributed by atoms with Crippen LogP contribution in [0.25, 0.3) is 0 Å². The van der Waals surface area contributed by atoms with Gasteiger partial charge < -0.3 is 19.9 Å². The first-order valence-electron chi connectivity index (χ1n) is 6.18. The highest BCUT2D eigenvalue weighted by Gasteiger charge is 2.08. The molecule has 0 aliphatic heterocycles. The van der Waals surface area contributed by atoms with Gasteiger partial charge >= 0.3 is 5.97 Å². The summed E-state index contributed by atoms with van der Waals surface area (Å²) in [6.45, 7) is 4.62. The molecule has 0 bridgehead atoms. The molecule has 6 nitrogen and oxygen atoms in total. The van der Waals surface area contributed by atoms with E-state index in [2.05, 4.69) is 5.32 Å². The Bertz CT molecular complexity index is 510. The summed E-state index contributed by atoms with van der Waals surface area (Å²) in [5.74, 6) is -0.656. The standard InChI is InChI=1S/C14H17NO5/c1-3-19-10-5-6-12(20-4-2)11(9-10)15-13(16)7-8-14(17)18/h5-9H,3-4H2,1-2H3,(H,15,16)(H,17,18)/b8-7+. The molecule has 1 aromatic carbocycles. The number of benzene rings is 1. The van der Waals surface area contributed by atoms with E-state index in [0.29, 0.717) is 30.4 Å². The summed E-state index contributed by atoms with van der Waals surface area (Å²) in [6, 6.07) is 5.04. The molecular weight excluding hydrogens is 262 g/mol. The maximum Gasteiger partial charge on any atom is 0.328 e. The highest BCUT2D eigenvalue weighted by atomic mass is 16.5. The highest BCUT2D eigenvalue weighted by molar-refractivity contribution is 6.03. The second kappa shape index (κ2) is 7.83. The number of amides is 1. The van der Waals surface area contributed by atoms with Crippen LogP contribution in [0, 0.1) is 0 Å². The molecule has 0 aromatic heterocycles. The summed E-state index contributed by atoms with van der Waals surface area (Å²) < 4.78 is 10.7. The molecule has 108 valence electrons. The van der Waals surface area contributed by atoms with Crippen LogP contribution in [0.4, 0.5) is 5.69 Å². The zero-order valence-corrected chi connectivity index (χ0v) is 11.4. The predicted molar refractivity (Wildman–Crippen MR) is 74.2 cm³/mol. The smallest absolute Gasteiger partial charge is 0.328 e. The van der Waals surface area contributed by atoms with E-state index in [4.69, 9.17) is 14.6 Å². The number of hydrogen-bond acceptors (Lipinski definition) is 4. The van der Waals surface area contributed by atoms with Crippen LogP contribution in [0.5, 0.6) is 11.5 Å². The van der Waals surface area contributed by atoms with Gasteiger partial charge in [-0.05, 0) is 26.0 Å². The van der Waals surface area contributed by atoms with Crippen molar-refractivity contribution in [2.45, 2.75) is 13.8 Å². The van der Waals surface area contributed by atoms with E-state index in [1.54, 1.807) is 18.2 Å². The van der Waals surface area contributed by atoms with Crippen LogP contribution in [-0.4, -0.2) is 30.2 Å². The average Bonchev–Trinajstić information content (AvgIpc) is 2.40. The summed E-state index contributed by atoms with van der Waals surface area (Å²) in [7, 11) is 0. The van der Waals surface area contributed by atoms with Crippen molar-refractivity contribution >= 4 is 17.6 Å². The van der Waals surface area contributed by atoms with E-state index in [0.717, 1.165) is 12.2 Å². The van der Waals surface area contributed by atoms with E-state index < -0.39 is 11.9 Å². The third kappa shape index (κ3) is 5.01. The van der Waals surface area contributed by atoms with Crippen LogP contribution in [0.15, 0.2) is 30.4 Å². The van der Waals surface area contributed by atoms with E-state index in [1.807, 2.05) is 13.8 Å². The molecule has 0 spiro atoms. The van der Waals surface area contributed by atoms with Crippen molar-refractivity contribution in [2.24, 2.45) is 0 Å². The summed E-state index contributed by atoms with van der Waals surface area (Å²) in [5.41, 5.74) is 0.429. The van der Waals surface area contributed by atoms with E-state index >= 15 is 0 Å². The number of carbonyl (C=O) groups is 2. The summed E-state index contributed by atoms with van der Waals surface area (Å²) in [6.07, 6.45) is 1.70. The van der Waals surface area contributed by atoms with Crippen molar-refractivity contribution in [1.29, 1.82) is 0 Å². The van der Waals surface area contributed by atoms with Gasteiger partial charge in [-0.2, -0.15) is 0 Å². The van der Waals surface area contributed by atoms with Crippen molar-refractivity contribution in [1.82, 2.24) is 0 Å². The largest absolute Gasteiger partial charge is 0.494 e. The normalized spacial score (nSPS) is 10.3. The summed E-state index contributed by atoms with van der Waals surface area (Å²) in [4.78, 5) is 21.9. The van der Waals surface area contributed by atoms with Crippen molar-refractivity contribution in [3.05, 3.63) is 30.4 Å². The van der Waals surface area contributed by atoms with Gasteiger partial charge in [0.25, 0.3) is 0 Å². The summed E-state index contributed by atoms with van der Waals surface area (Å²) in [5, 5.41) is 11.0. The molecule has 0 saturated carbocycles. The Hall–Kier alpha value is -2.50. The molecule has 0 atom stereocenters. The maximum atomic E-state index is 11.6. The van der Waals surface area contributed by atoms with E-state index in [-0.39, 0.29) is 0 Å². The van der Waals surface area contributed by atoms with Crippen LogP contribution in [-0.2, 0) is 9.59 Å². The number of carbonyl (C=O) groups excluding carboxylic acids is 1. The van der Waals surface area contributed by atoms with Gasteiger partial charge in [0.2, 0.25) is 5.91 Å². The zero-order valence-electron chi connectivity index (χ0n) is 11.4. The second-order valence-corrected chi connectivity index (χ2v) is 3.68. The third-order valence-corrected chi connectivity index (χ3v) is 2.20. The molecule has 0 unspecified atom stereocenters. The number of carboxylic acid groups (broad SMARTS) is 1. The highest BCUT2D eigenvalue weighted by Crippen LogP contribution is 2.29. The molecule has 0 heterocycles. The lowest BCUT2D eigenvalue weighted by Crippen LogP contribution is -2.10. The lowest BCUT2D eigenvalue weighted by Gasteiger charge is -2.12. The molecule has 2 N–H and O–H groups in total. The predicted octanol–water partition coefficient (Wildman–Crippen LogP) is 2.06. The second-order valence-electron chi connectivity index (χ2n) is 3.68. The first-order chi connectivity index (χ1) is 9.56. The molecule has 0 saturated heterocycles. The first kappa shape index (κ1) is 15.6. The fourth-order valence-electron chi connectivity index (χ4n) is 1.47. The van der Waals surface area contributed by atoms with Gasteiger partial charge in [0.1, 0.15) is 11.5 Å². The number of anilines is 1. The molecule has 1 aromatic rings. The van der Waals surface area contributed by atoms with Crippen molar-refractivity contribution in [3.63, 3.8) is 0 Å². The monoisotopic (exact) mass is 279 g/mol. The van der Waals surface area contributed by atoms with Gasteiger partial charge in [0, 0.05) is 18.2 Å². The number of aliphatic carboxylic acids is 1. The molecule has 20 heavy (non-hydrogen) atoms. The molecule has 0 aliphatic carbocycles. The Kier molecular flexibility index (Phi) is 6.09. The Morgan fingerprint density at radius 3 is 2.50 bits per heavy atom. The molecule has 0 radical (unpaired) electrons. The van der Waals surface area contributed by atoms with Crippen molar-refractivity contribution in [2.75, 3.05) is 18.5 Å². The fraction of sp³-hybridized carbons (Fsp3) is 0.286. The topological polar surface area (TPSA) is 84.9 Å². The average molecular weight is 279 g/mol. The van der Waals surface area contributed by atoms with Gasteiger partial charge in [-0.15, -0.1) is 0 Å². The Balaban J connectivity index is 2.91. The van der Waals surface area contributed by atoms with Gasteiger partial charge in [-0.3, -0.25) is 4.79 Å². The van der Waals surface area contributed by atoms with Crippen molar-refractivity contribution in [3.8, 4) is 11.5 Å².